The molecule has 5 nitrogen and oxygen atoms in total. The van der Waals surface area contributed by atoms with Crippen molar-refractivity contribution in [2.24, 2.45) is 0 Å². The van der Waals surface area contributed by atoms with Crippen molar-refractivity contribution in [1.29, 1.82) is 0 Å². The topological polar surface area (TPSA) is 64.6 Å². The van der Waals surface area contributed by atoms with Gasteiger partial charge in [-0.1, -0.05) is 43.7 Å². The minimum atomic E-state index is -0.962. The Morgan fingerprint density at radius 3 is 2.33 bits per heavy atom. The van der Waals surface area contributed by atoms with E-state index in [1.165, 1.54) is 14.2 Å². The SMILES string of the molecule is CCC[C@](C)(OC)C(=O)N[C@@H](C(=O)OC)c1ccccc1. The molecule has 0 bridgehead atoms. The molecule has 0 aliphatic rings. The molecule has 21 heavy (non-hydrogen) atoms. The Hall–Kier alpha value is -1.88. The number of amides is 1. The zero-order chi connectivity index (χ0) is 15.9. The van der Waals surface area contributed by atoms with Gasteiger partial charge in [0.25, 0.3) is 5.91 Å². The van der Waals surface area contributed by atoms with Gasteiger partial charge in [-0.05, 0) is 18.9 Å². The molecule has 1 aromatic rings. The zero-order valence-corrected chi connectivity index (χ0v) is 13.0. The first-order chi connectivity index (χ1) is 9.98. The number of hydrogen-bond donors (Lipinski definition) is 1. The predicted octanol–water partition coefficient (Wildman–Crippen LogP) is 2.22. The van der Waals surface area contributed by atoms with Crippen LogP contribution in [0.4, 0.5) is 0 Å². The summed E-state index contributed by atoms with van der Waals surface area (Å²) in [7, 11) is 2.79. The fourth-order valence-corrected chi connectivity index (χ4v) is 2.11. The van der Waals surface area contributed by atoms with Crippen LogP contribution >= 0.6 is 0 Å². The van der Waals surface area contributed by atoms with Gasteiger partial charge in [-0.3, -0.25) is 4.79 Å². The molecule has 5 heteroatoms. The molecule has 1 aromatic carbocycles. The van der Waals surface area contributed by atoms with Crippen molar-refractivity contribution in [3.05, 3.63) is 35.9 Å². The highest BCUT2D eigenvalue weighted by molar-refractivity contribution is 5.90. The Bertz CT molecular complexity index is 474. The molecule has 1 amide bonds. The van der Waals surface area contributed by atoms with Gasteiger partial charge in [0.1, 0.15) is 5.60 Å². The number of nitrogens with one attached hydrogen (secondary N) is 1. The summed E-state index contributed by atoms with van der Waals surface area (Å²) < 4.78 is 10.1. The van der Waals surface area contributed by atoms with Crippen LogP contribution in [0.15, 0.2) is 30.3 Å². The van der Waals surface area contributed by atoms with Gasteiger partial charge in [0.05, 0.1) is 7.11 Å². The van der Waals surface area contributed by atoms with Crippen LogP contribution < -0.4 is 5.32 Å². The summed E-state index contributed by atoms with van der Waals surface area (Å²) in [6.07, 6.45) is 1.37. The van der Waals surface area contributed by atoms with E-state index in [1.807, 2.05) is 13.0 Å². The van der Waals surface area contributed by atoms with E-state index in [4.69, 9.17) is 9.47 Å². The van der Waals surface area contributed by atoms with E-state index in [2.05, 4.69) is 5.32 Å². The van der Waals surface area contributed by atoms with E-state index in [0.717, 1.165) is 6.42 Å². The van der Waals surface area contributed by atoms with E-state index in [-0.39, 0.29) is 5.91 Å². The lowest BCUT2D eigenvalue weighted by atomic mass is 9.97. The van der Waals surface area contributed by atoms with Crippen molar-refractivity contribution in [3.63, 3.8) is 0 Å². The number of carbonyl (C=O) groups excluding carboxylic acids is 2. The minimum Gasteiger partial charge on any atom is -0.467 e. The number of rotatable bonds is 7. The molecule has 0 aliphatic heterocycles. The normalized spacial score (nSPS) is 14.9. The van der Waals surface area contributed by atoms with Gasteiger partial charge in [-0.25, -0.2) is 4.79 Å². The van der Waals surface area contributed by atoms with Gasteiger partial charge >= 0.3 is 5.97 Å². The maximum Gasteiger partial charge on any atom is 0.333 e. The first kappa shape index (κ1) is 17.2. The summed E-state index contributed by atoms with van der Waals surface area (Å²) in [4.78, 5) is 24.4. The molecule has 0 fully saturated rings. The number of carbonyl (C=O) groups is 2. The summed E-state index contributed by atoms with van der Waals surface area (Å²) in [5.41, 5.74) is -0.289. The molecule has 0 heterocycles. The van der Waals surface area contributed by atoms with Crippen LogP contribution in [0.5, 0.6) is 0 Å². The summed E-state index contributed by atoms with van der Waals surface area (Å²) in [5.74, 6) is -0.837. The van der Waals surface area contributed by atoms with Crippen LogP contribution in [0.25, 0.3) is 0 Å². The Kier molecular flexibility index (Phi) is 6.37. The predicted molar refractivity (Wildman–Crippen MR) is 79.7 cm³/mol. The molecule has 0 spiro atoms. The molecule has 0 radical (unpaired) electrons. The van der Waals surface area contributed by atoms with Crippen molar-refractivity contribution in [3.8, 4) is 0 Å². The van der Waals surface area contributed by atoms with Crippen molar-refractivity contribution >= 4 is 11.9 Å². The quantitative estimate of drug-likeness (QED) is 0.783. The van der Waals surface area contributed by atoms with Gasteiger partial charge < -0.3 is 14.8 Å². The lowest BCUT2D eigenvalue weighted by Gasteiger charge is -2.28. The first-order valence-electron chi connectivity index (χ1n) is 6.97. The number of ether oxygens (including phenoxy) is 2. The van der Waals surface area contributed by atoms with E-state index in [9.17, 15) is 9.59 Å². The average Bonchev–Trinajstić information content (AvgIpc) is 2.52. The van der Waals surface area contributed by atoms with Crippen LogP contribution in [0.1, 0.15) is 38.3 Å². The van der Waals surface area contributed by atoms with Crippen molar-refractivity contribution < 1.29 is 19.1 Å². The Balaban J connectivity index is 2.97. The lowest BCUT2D eigenvalue weighted by molar-refractivity contribution is -0.150. The third kappa shape index (κ3) is 4.29. The third-order valence-electron chi connectivity index (χ3n) is 3.50. The molecule has 0 saturated heterocycles. The highest BCUT2D eigenvalue weighted by Gasteiger charge is 2.35. The molecule has 1 N–H and O–H groups in total. The van der Waals surface area contributed by atoms with E-state index in [1.54, 1.807) is 31.2 Å². The third-order valence-corrected chi connectivity index (χ3v) is 3.50. The standard InChI is InChI=1S/C16H23NO4/c1-5-11-16(2,21-4)15(19)17-13(14(18)20-3)12-9-7-6-8-10-12/h6-10,13H,5,11H2,1-4H3,(H,17,19)/t13-,16+/m1/s1. The van der Waals surface area contributed by atoms with Crippen LogP contribution in [0, 0.1) is 0 Å². The maximum atomic E-state index is 12.4. The number of methoxy groups -OCH3 is 2. The molecule has 2 atom stereocenters. The second-order valence-electron chi connectivity index (χ2n) is 5.03. The second kappa shape index (κ2) is 7.78. The summed E-state index contributed by atoms with van der Waals surface area (Å²) in [5, 5.41) is 2.72. The smallest absolute Gasteiger partial charge is 0.333 e. The van der Waals surface area contributed by atoms with Crippen molar-refractivity contribution in [1.82, 2.24) is 5.32 Å². The highest BCUT2D eigenvalue weighted by atomic mass is 16.5. The fraction of sp³-hybridized carbons (Fsp3) is 0.500. The number of benzene rings is 1. The van der Waals surface area contributed by atoms with Crippen LogP contribution in [-0.2, 0) is 19.1 Å². The molecule has 0 aliphatic carbocycles. The molecule has 0 unspecified atom stereocenters. The van der Waals surface area contributed by atoms with Gasteiger partial charge in [-0.15, -0.1) is 0 Å². The zero-order valence-electron chi connectivity index (χ0n) is 13.0. The van der Waals surface area contributed by atoms with Crippen molar-refractivity contribution in [2.45, 2.75) is 38.3 Å². The molecule has 1 rings (SSSR count). The largest absolute Gasteiger partial charge is 0.467 e. The second-order valence-corrected chi connectivity index (χ2v) is 5.03. The van der Waals surface area contributed by atoms with Gasteiger partial charge in [0.2, 0.25) is 0 Å². The Morgan fingerprint density at radius 1 is 1.24 bits per heavy atom. The maximum absolute atomic E-state index is 12.4. The van der Waals surface area contributed by atoms with Gasteiger partial charge in [0, 0.05) is 7.11 Å². The highest BCUT2D eigenvalue weighted by Crippen LogP contribution is 2.20. The summed E-state index contributed by atoms with van der Waals surface area (Å²) >= 11 is 0. The Morgan fingerprint density at radius 2 is 1.86 bits per heavy atom. The molecule has 116 valence electrons. The molecular formula is C16H23NO4. The summed E-state index contributed by atoms with van der Waals surface area (Å²) in [6.45, 7) is 3.69. The average molecular weight is 293 g/mol. The minimum absolute atomic E-state index is 0.328. The van der Waals surface area contributed by atoms with Crippen LogP contribution in [0.3, 0.4) is 0 Å². The number of hydrogen-bond acceptors (Lipinski definition) is 4. The van der Waals surface area contributed by atoms with E-state index >= 15 is 0 Å². The van der Waals surface area contributed by atoms with E-state index in [0.29, 0.717) is 12.0 Å². The molecular weight excluding hydrogens is 270 g/mol. The van der Waals surface area contributed by atoms with E-state index < -0.39 is 17.6 Å². The molecule has 0 aromatic heterocycles. The molecule has 0 saturated carbocycles. The number of esters is 1. The first-order valence-corrected chi connectivity index (χ1v) is 6.97. The van der Waals surface area contributed by atoms with Crippen molar-refractivity contribution in [2.75, 3.05) is 14.2 Å². The van der Waals surface area contributed by atoms with Crippen LogP contribution in [-0.4, -0.2) is 31.7 Å². The monoisotopic (exact) mass is 293 g/mol. The van der Waals surface area contributed by atoms with Gasteiger partial charge in [-0.2, -0.15) is 0 Å². The Labute approximate surface area is 125 Å². The van der Waals surface area contributed by atoms with Gasteiger partial charge in [0.15, 0.2) is 6.04 Å². The fourth-order valence-electron chi connectivity index (χ4n) is 2.11. The lowest BCUT2D eigenvalue weighted by Crippen LogP contribution is -2.48. The van der Waals surface area contributed by atoms with Crippen LogP contribution in [0.2, 0.25) is 0 Å². The summed E-state index contributed by atoms with van der Waals surface area (Å²) in [6, 6.07) is 8.15.